The van der Waals surface area contributed by atoms with E-state index in [2.05, 4.69) is 15.1 Å². The molecule has 1 aliphatic rings. The molecule has 9 heteroatoms. The predicted molar refractivity (Wildman–Crippen MR) is 111 cm³/mol. The molecular formula is C20H25N5O3S. The number of ether oxygens (including phenoxy) is 1. The van der Waals surface area contributed by atoms with E-state index in [1.807, 2.05) is 30.0 Å². The van der Waals surface area contributed by atoms with Crippen LogP contribution in [0.3, 0.4) is 0 Å². The molecule has 3 aromatic heterocycles. The highest BCUT2D eigenvalue weighted by Crippen LogP contribution is 2.24. The minimum absolute atomic E-state index is 0.0873. The molecule has 1 fully saturated rings. The first-order chi connectivity index (χ1) is 14.1. The summed E-state index contributed by atoms with van der Waals surface area (Å²) in [6.45, 7) is 6.24. The predicted octanol–water partition coefficient (Wildman–Crippen LogP) is 2.89. The minimum Gasteiger partial charge on any atom is -0.381 e. The Kier molecular flexibility index (Phi) is 5.77. The molecule has 0 aliphatic carbocycles. The Labute approximate surface area is 172 Å². The second kappa shape index (κ2) is 8.46. The number of aromatic amines is 1. The van der Waals surface area contributed by atoms with E-state index in [0.717, 1.165) is 38.2 Å². The lowest BCUT2D eigenvalue weighted by atomic mass is 10.1. The molecule has 0 saturated carbocycles. The minimum atomic E-state index is -0.160. The molecule has 0 aromatic carbocycles. The fourth-order valence-electron chi connectivity index (χ4n) is 3.80. The van der Waals surface area contributed by atoms with Gasteiger partial charge in [0.1, 0.15) is 10.5 Å². The van der Waals surface area contributed by atoms with E-state index >= 15 is 0 Å². The van der Waals surface area contributed by atoms with Crippen molar-refractivity contribution in [3.63, 3.8) is 0 Å². The first kappa shape index (κ1) is 19.8. The fraction of sp³-hybridized carbons (Fsp3) is 0.500. The molecule has 0 radical (unpaired) electrons. The average molecular weight is 416 g/mol. The number of H-pyrrole nitrogens is 1. The van der Waals surface area contributed by atoms with Gasteiger partial charge in [-0.1, -0.05) is 6.92 Å². The number of fused-ring (bicyclic) bond motifs is 1. The molecule has 0 unspecified atom stereocenters. The lowest BCUT2D eigenvalue weighted by molar-refractivity contribution is 0.0655. The van der Waals surface area contributed by atoms with E-state index in [0.29, 0.717) is 28.1 Å². The van der Waals surface area contributed by atoms with E-state index in [4.69, 9.17) is 4.74 Å². The molecule has 1 amide bonds. The molecular weight excluding hydrogens is 390 g/mol. The molecule has 3 aromatic rings. The molecule has 1 aliphatic heterocycles. The number of nitrogens with one attached hydrogen (secondary N) is 1. The van der Waals surface area contributed by atoms with E-state index < -0.39 is 0 Å². The summed E-state index contributed by atoms with van der Waals surface area (Å²) < 4.78 is 8.00. The molecule has 1 saturated heterocycles. The van der Waals surface area contributed by atoms with Gasteiger partial charge in [0.15, 0.2) is 0 Å². The van der Waals surface area contributed by atoms with Crippen LogP contribution in [0.15, 0.2) is 22.4 Å². The van der Waals surface area contributed by atoms with Crippen molar-refractivity contribution in [2.75, 3.05) is 19.8 Å². The van der Waals surface area contributed by atoms with Gasteiger partial charge >= 0.3 is 0 Å². The van der Waals surface area contributed by atoms with Gasteiger partial charge in [-0.3, -0.25) is 14.3 Å². The molecule has 0 bridgehead atoms. The lowest BCUT2D eigenvalue weighted by Crippen LogP contribution is -2.33. The molecule has 0 atom stereocenters. The number of rotatable bonds is 6. The lowest BCUT2D eigenvalue weighted by Gasteiger charge is -2.24. The van der Waals surface area contributed by atoms with Crippen molar-refractivity contribution < 1.29 is 9.53 Å². The van der Waals surface area contributed by atoms with Gasteiger partial charge in [-0.15, -0.1) is 11.3 Å². The smallest absolute Gasteiger partial charge is 0.268 e. The van der Waals surface area contributed by atoms with Crippen molar-refractivity contribution in [1.82, 2.24) is 24.6 Å². The highest BCUT2D eigenvalue weighted by atomic mass is 32.1. The zero-order valence-corrected chi connectivity index (χ0v) is 17.5. The number of amides is 1. The van der Waals surface area contributed by atoms with Gasteiger partial charge in [0, 0.05) is 25.5 Å². The summed E-state index contributed by atoms with van der Waals surface area (Å²) in [6.07, 6.45) is 4.28. The third-order valence-electron chi connectivity index (χ3n) is 5.30. The molecule has 0 spiro atoms. The van der Waals surface area contributed by atoms with Crippen LogP contribution in [0.1, 0.15) is 54.1 Å². The van der Waals surface area contributed by atoms with E-state index in [9.17, 15) is 9.59 Å². The van der Waals surface area contributed by atoms with E-state index in [1.165, 1.54) is 11.3 Å². The zero-order valence-electron chi connectivity index (χ0n) is 16.7. The number of hydrogen-bond donors (Lipinski definition) is 1. The number of hydrogen-bond acceptors (Lipinski definition) is 6. The standard InChI is InChI=1S/C20H25N5O3S/c1-3-7-24(12-17-22-16-6-10-29-18(16)19(26)23-17)20(27)15-11-21-25(13(15)2)14-4-8-28-9-5-14/h6,10-11,14H,3-5,7-9,12H2,1-2H3,(H,22,23,26). The highest BCUT2D eigenvalue weighted by molar-refractivity contribution is 7.17. The van der Waals surface area contributed by atoms with Gasteiger partial charge in [-0.05, 0) is 37.6 Å². The Morgan fingerprint density at radius 2 is 2.21 bits per heavy atom. The van der Waals surface area contributed by atoms with Gasteiger partial charge in [0.25, 0.3) is 11.5 Å². The van der Waals surface area contributed by atoms with Crippen LogP contribution in [-0.2, 0) is 11.3 Å². The Balaban J connectivity index is 1.58. The number of carbonyl (C=O) groups excluding carboxylic acids is 1. The van der Waals surface area contributed by atoms with Crippen molar-refractivity contribution in [2.45, 2.75) is 45.7 Å². The fourth-order valence-corrected chi connectivity index (χ4v) is 4.53. The number of aromatic nitrogens is 4. The second-order valence-corrected chi connectivity index (χ2v) is 8.22. The van der Waals surface area contributed by atoms with Crippen LogP contribution in [0.25, 0.3) is 10.2 Å². The number of thiophene rings is 1. The Bertz CT molecular complexity index is 1060. The molecule has 29 heavy (non-hydrogen) atoms. The van der Waals surface area contributed by atoms with E-state index in [1.54, 1.807) is 11.1 Å². The quantitative estimate of drug-likeness (QED) is 0.668. The van der Waals surface area contributed by atoms with Gasteiger partial charge in [0.2, 0.25) is 0 Å². The molecule has 4 heterocycles. The summed E-state index contributed by atoms with van der Waals surface area (Å²) in [4.78, 5) is 34.6. The first-order valence-electron chi connectivity index (χ1n) is 9.96. The number of carbonyl (C=O) groups is 1. The van der Waals surface area contributed by atoms with Crippen molar-refractivity contribution in [2.24, 2.45) is 0 Å². The summed E-state index contributed by atoms with van der Waals surface area (Å²) in [6, 6.07) is 2.09. The number of nitrogens with zero attached hydrogens (tertiary/aromatic N) is 4. The van der Waals surface area contributed by atoms with Crippen LogP contribution in [0.2, 0.25) is 0 Å². The van der Waals surface area contributed by atoms with Crippen LogP contribution in [0, 0.1) is 6.92 Å². The van der Waals surface area contributed by atoms with Crippen LogP contribution in [0.5, 0.6) is 0 Å². The maximum atomic E-state index is 13.3. The largest absolute Gasteiger partial charge is 0.381 e. The maximum Gasteiger partial charge on any atom is 0.268 e. The summed E-state index contributed by atoms with van der Waals surface area (Å²) in [5.74, 6) is 0.410. The van der Waals surface area contributed by atoms with Gasteiger partial charge in [-0.25, -0.2) is 4.98 Å². The van der Waals surface area contributed by atoms with Crippen LogP contribution in [0.4, 0.5) is 0 Å². The summed E-state index contributed by atoms with van der Waals surface area (Å²) in [7, 11) is 0. The average Bonchev–Trinajstić information content (AvgIpc) is 3.35. The van der Waals surface area contributed by atoms with Crippen molar-refractivity contribution in [1.29, 1.82) is 0 Å². The molecule has 1 N–H and O–H groups in total. The highest BCUT2D eigenvalue weighted by Gasteiger charge is 2.25. The van der Waals surface area contributed by atoms with E-state index in [-0.39, 0.29) is 24.1 Å². The third kappa shape index (κ3) is 3.97. The molecule has 4 rings (SSSR count). The molecule has 154 valence electrons. The van der Waals surface area contributed by atoms with Gasteiger partial charge in [0.05, 0.1) is 29.9 Å². The summed E-state index contributed by atoms with van der Waals surface area (Å²) in [5, 5.41) is 6.35. The van der Waals surface area contributed by atoms with Gasteiger partial charge < -0.3 is 14.6 Å². The van der Waals surface area contributed by atoms with Crippen LogP contribution < -0.4 is 5.56 Å². The Morgan fingerprint density at radius 3 is 2.97 bits per heavy atom. The monoisotopic (exact) mass is 415 g/mol. The second-order valence-electron chi connectivity index (χ2n) is 7.31. The summed E-state index contributed by atoms with van der Waals surface area (Å²) >= 11 is 1.37. The van der Waals surface area contributed by atoms with Gasteiger partial charge in [-0.2, -0.15) is 5.10 Å². The van der Waals surface area contributed by atoms with Crippen molar-refractivity contribution >= 4 is 27.5 Å². The van der Waals surface area contributed by atoms with Crippen molar-refractivity contribution in [3.8, 4) is 0 Å². The Morgan fingerprint density at radius 1 is 1.41 bits per heavy atom. The topological polar surface area (TPSA) is 93.1 Å². The first-order valence-corrected chi connectivity index (χ1v) is 10.8. The zero-order chi connectivity index (χ0) is 20.4. The van der Waals surface area contributed by atoms with Crippen LogP contribution >= 0.6 is 11.3 Å². The summed E-state index contributed by atoms with van der Waals surface area (Å²) in [5.41, 5.74) is 1.98. The SMILES string of the molecule is CCCN(Cc1nc2ccsc2c(=O)[nH]1)C(=O)c1cnn(C2CCOCC2)c1C. The van der Waals surface area contributed by atoms with Crippen LogP contribution in [-0.4, -0.2) is 50.3 Å². The maximum absolute atomic E-state index is 13.3. The third-order valence-corrected chi connectivity index (χ3v) is 6.20. The normalized spacial score (nSPS) is 15.1. The molecule has 8 nitrogen and oxygen atoms in total. The Hall–Kier alpha value is -2.52. The van der Waals surface area contributed by atoms with Crippen molar-refractivity contribution in [3.05, 3.63) is 45.1 Å².